The van der Waals surface area contributed by atoms with Crippen LogP contribution in [0.15, 0.2) is 47.3 Å². The van der Waals surface area contributed by atoms with E-state index in [2.05, 4.69) is 40.1 Å². The fraction of sp³-hybridized carbons (Fsp3) is 0.188. The van der Waals surface area contributed by atoms with Crippen molar-refractivity contribution in [3.8, 4) is 0 Å². The van der Waals surface area contributed by atoms with Gasteiger partial charge in [0, 0.05) is 23.3 Å². The Morgan fingerprint density at radius 3 is 3.00 bits per heavy atom. The maximum Gasteiger partial charge on any atom is 0.0951 e. The standard InChI is InChI=1S/C16H17N3S/c1-11(9-12-6-8-20-10-12)19-15-5-7-18-16-13(15)3-2-4-14(16)17/h2-8,10-11H,9,17H2,1H3,(H,18,19). The fourth-order valence-electron chi connectivity index (χ4n) is 2.40. The molecule has 0 fully saturated rings. The first-order chi connectivity index (χ1) is 9.74. The first-order valence-corrected chi connectivity index (χ1v) is 7.59. The first-order valence-electron chi connectivity index (χ1n) is 6.65. The normalized spacial score (nSPS) is 12.4. The van der Waals surface area contributed by atoms with Crippen molar-refractivity contribution < 1.29 is 0 Å². The molecular formula is C16H17N3S. The van der Waals surface area contributed by atoms with Crippen molar-refractivity contribution in [2.24, 2.45) is 0 Å². The minimum atomic E-state index is 0.358. The van der Waals surface area contributed by atoms with E-state index in [4.69, 9.17) is 5.73 Å². The van der Waals surface area contributed by atoms with Gasteiger partial charge in [-0.05, 0) is 47.9 Å². The second-order valence-electron chi connectivity index (χ2n) is 4.98. The number of para-hydroxylation sites is 1. The third-order valence-electron chi connectivity index (χ3n) is 3.33. The molecule has 3 N–H and O–H groups in total. The van der Waals surface area contributed by atoms with Crippen LogP contribution in [0.3, 0.4) is 0 Å². The van der Waals surface area contributed by atoms with Crippen LogP contribution in [0.1, 0.15) is 12.5 Å². The van der Waals surface area contributed by atoms with Gasteiger partial charge in [-0.3, -0.25) is 4.98 Å². The van der Waals surface area contributed by atoms with Gasteiger partial charge in [0.1, 0.15) is 0 Å². The number of aromatic nitrogens is 1. The maximum absolute atomic E-state index is 5.98. The first kappa shape index (κ1) is 12.9. The summed E-state index contributed by atoms with van der Waals surface area (Å²) in [5.41, 5.74) is 10.0. The van der Waals surface area contributed by atoms with Crippen LogP contribution >= 0.6 is 11.3 Å². The lowest BCUT2D eigenvalue weighted by atomic mass is 10.1. The van der Waals surface area contributed by atoms with E-state index in [0.717, 1.165) is 28.7 Å². The molecule has 2 aromatic heterocycles. The summed E-state index contributed by atoms with van der Waals surface area (Å²) in [5, 5.41) is 8.94. The minimum Gasteiger partial charge on any atom is -0.397 e. The number of rotatable bonds is 4. The van der Waals surface area contributed by atoms with Crippen molar-refractivity contribution >= 4 is 33.6 Å². The number of pyridine rings is 1. The molecule has 1 aromatic carbocycles. The van der Waals surface area contributed by atoms with Crippen molar-refractivity contribution in [2.75, 3.05) is 11.1 Å². The fourth-order valence-corrected chi connectivity index (χ4v) is 3.09. The summed E-state index contributed by atoms with van der Waals surface area (Å²) in [6.45, 7) is 2.19. The average Bonchev–Trinajstić information content (AvgIpc) is 2.93. The van der Waals surface area contributed by atoms with E-state index < -0.39 is 0 Å². The van der Waals surface area contributed by atoms with Gasteiger partial charge in [0.25, 0.3) is 0 Å². The molecule has 0 aliphatic rings. The Bertz CT molecular complexity index is 707. The van der Waals surface area contributed by atoms with Gasteiger partial charge in [0.05, 0.1) is 11.2 Å². The van der Waals surface area contributed by atoms with Gasteiger partial charge >= 0.3 is 0 Å². The van der Waals surface area contributed by atoms with Crippen LogP contribution in [0.4, 0.5) is 11.4 Å². The van der Waals surface area contributed by atoms with E-state index >= 15 is 0 Å². The molecule has 4 heteroatoms. The van der Waals surface area contributed by atoms with Crippen LogP contribution in [-0.2, 0) is 6.42 Å². The van der Waals surface area contributed by atoms with Crippen LogP contribution < -0.4 is 11.1 Å². The number of nitrogen functional groups attached to an aromatic ring is 1. The number of thiophene rings is 1. The van der Waals surface area contributed by atoms with Crippen molar-refractivity contribution in [1.82, 2.24) is 4.98 Å². The summed E-state index contributed by atoms with van der Waals surface area (Å²) >= 11 is 1.74. The van der Waals surface area contributed by atoms with Crippen LogP contribution in [-0.4, -0.2) is 11.0 Å². The molecular weight excluding hydrogens is 266 g/mol. The number of fused-ring (bicyclic) bond motifs is 1. The third-order valence-corrected chi connectivity index (χ3v) is 4.06. The zero-order valence-corrected chi connectivity index (χ0v) is 12.2. The smallest absolute Gasteiger partial charge is 0.0951 e. The predicted molar refractivity (Wildman–Crippen MR) is 87.3 cm³/mol. The Morgan fingerprint density at radius 2 is 2.20 bits per heavy atom. The maximum atomic E-state index is 5.98. The Hall–Kier alpha value is -2.07. The highest BCUT2D eigenvalue weighted by atomic mass is 32.1. The highest BCUT2D eigenvalue weighted by molar-refractivity contribution is 7.07. The SMILES string of the molecule is CC(Cc1ccsc1)Nc1ccnc2c(N)cccc12. The van der Waals surface area contributed by atoms with Gasteiger partial charge in [0.15, 0.2) is 0 Å². The molecule has 0 saturated carbocycles. The van der Waals surface area contributed by atoms with E-state index in [1.165, 1.54) is 5.56 Å². The van der Waals surface area contributed by atoms with Gasteiger partial charge in [-0.1, -0.05) is 12.1 Å². The molecule has 0 amide bonds. The lowest BCUT2D eigenvalue weighted by Gasteiger charge is -2.16. The average molecular weight is 283 g/mol. The highest BCUT2D eigenvalue weighted by Gasteiger charge is 2.08. The molecule has 0 radical (unpaired) electrons. The number of anilines is 2. The Morgan fingerprint density at radius 1 is 1.30 bits per heavy atom. The number of nitrogens with two attached hydrogens (primary N) is 1. The Labute approximate surface area is 122 Å². The summed E-state index contributed by atoms with van der Waals surface area (Å²) < 4.78 is 0. The summed E-state index contributed by atoms with van der Waals surface area (Å²) in [5.74, 6) is 0. The molecule has 3 nitrogen and oxygen atoms in total. The molecule has 0 spiro atoms. The molecule has 2 heterocycles. The lowest BCUT2D eigenvalue weighted by Crippen LogP contribution is -2.18. The summed E-state index contributed by atoms with van der Waals surface area (Å²) in [6.07, 6.45) is 2.81. The highest BCUT2D eigenvalue weighted by Crippen LogP contribution is 2.26. The zero-order chi connectivity index (χ0) is 13.9. The molecule has 102 valence electrons. The number of benzene rings is 1. The van der Waals surface area contributed by atoms with Crippen molar-refractivity contribution in [2.45, 2.75) is 19.4 Å². The monoisotopic (exact) mass is 283 g/mol. The van der Waals surface area contributed by atoms with Crippen molar-refractivity contribution in [3.63, 3.8) is 0 Å². The number of nitrogens with one attached hydrogen (secondary N) is 1. The molecule has 20 heavy (non-hydrogen) atoms. The van der Waals surface area contributed by atoms with Gasteiger partial charge < -0.3 is 11.1 Å². The Kier molecular flexibility index (Phi) is 3.56. The number of hydrogen-bond acceptors (Lipinski definition) is 4. The summed E-state index contributed by atoms with van der Waals surface area (Å²) in [6, 6.07) is 10.4. The van der Waals surface area contributed by atoms with Crippen molar-refractivity contribution in [3.05, 3.63) is 52.9 Å². The minimum absolute atomic E-state index is 0.358. The van der Waals surface area contributed by atoms with Gasteiger partial charge in [-0.25, -0.2) is 0 Å². The molecule has 1 atom stereocenters. The van der Waals surface area contributed by atoms with E-state index in [1.54, 1.807) is 17.5 Å². The summed E-state index contributed by atoms with van der Waals surface area (Å²) in [4.78, 5) is 4.36. The second kappa shape index (κ2) is 5.51. The van der Waals surface area contributed by atoms with Gasteiger partial charge in [0.2, 0.25) is 0 Å². The molecule has 0 aliphatic carbocycles. The zero-order valence-electron chi connectivity index (χ0n) is 11.3. The van der Waals surface area contributed by atoms with Crippen LogP contribution in [0.2, 0.25) is 0 Å². The molecule has 0 bridgehead atoms. The van der Waals surface area contributed by atoms with Crippen molar-refractivity contribution in [1.29, 1.82) is 0 Å². The van der Waals surface area contributed by atoms with E-state index in [-0.39, 0.29) is 0 Å². The Balaban J connectivity index is 1.85. The third kappa shape index (κ3) is 2.60. The molecule has 1 unspecified atom stereocenters. The van der Waals surface area contributed by atoms with E-state index in [0.29, 0.717) is 6.04 Å². The second-order valence-corrected chi connectivity index (χ2v) is 5.76. The predicted octanol–water partition coefficient (Wildman–Crippen LogP) is 3.92. The number of hydrogen-bond donors (Lipinski definition) is 2. The molecule has 3 aromatic rings. The summed E-state index contributed by atoms with van der Waals surface area (Å²) in [7, 11) is 0. The number of nitrogens with zero attached hydrogens (tertiary/aromatic N) is 1. The molecule has 3 rings (SSSR count). The molecule has 0 saturated heterocycles. The molecule has 0 aliphatic heterocycles. The van der Waals surface area contributed by atoms with Gasteiger partial charge in [-0.2, -0.15) is 11.3 Å². The topological polar surface area (TPSA) is 50.9 Å². The van der Waals surface area contributed by atoms with Crippen LogP contribution in [0, 0.1) is 0 Å². The van der Waals surface area contributed by atoms with Gasteiger partial charge in [-0.15, -0.1) is 0 Å². The largest absolute Gasteiger partial charge is 0.397 e. The lowest BCUT2D eigenvalue weighted by molar-refractivity contribution is 0.794. The van der Waals surface area contributed by atoms with E-state index in [1.807, 2.05) is 18.2 Å². The van der Waals surface area contributed by atoms with Crippen LogP contribution in [0.5, 0.6) is 0 Å². The van der Waals surface area contributed by atoms with Crippen LogP contribution in [0.25, 0.3) is 10.9 Å². The van der Waals surface area contributed by atoms with E-state index in [9.17, 15) is 0 Å². The quantitative estimate of drug-likeness (QED) is 0.713.